The van der Waals surface area contributed by atoms with Crippen molar-refractivity contribution in [3.63, 3.8) is 0 Å². The minimum atomic E-state index is -0.871. The fourth-order valence-corrected chi connectivity index (χ4v) is 5.27. The molecule has 0 spiro atoms. The van der Waals surface area contributed by atoms with E-state index >= 15 is 0 Å². The van der Waals surface area contributed by atoms with Crippen molar-refractivity contribution in [2.75, 3.05) is 20.3 Å². The Labute approximate surface area is 205 Å². The quantitative estimate of drug-likeness (QED) is 0.478. The molecule has 8 nitrogen and oxygen atoms in total. The second-order valence-electron chi connectivity index (χ2n) is 9.21. The van der Waals surface area contributed by atoms with Gasteiger partial charge in [-0.15, -0.1) is 0 Å². The molecule has 0 saturated heterocycles. The van der Waals surface area contributed by atoms with Crippen LogP contribution in [0.5, 0.6) is 0 Å². The van der Waals surface area contributed by atoms with E-state index in [0.29, 0.717) is 0 Å². The van der Waals surface area contributed by atoms with Gasteiger partial charge in [-0.05, 0) is 41.0 Å². The number of hydrogen-bond acceptors (Lipinski definition) is 5. The van der Waals surface area contributed by atoms with Crippen molar-refractivity contribution in [3.05, 3.63) is 59.7 Å². The molecular weight excluding hydrogens is 448 g/mol. The van der Waals surface area contributed by atoms with Gasteiger partial charge in [-0.2, -0.15) is 0 Å². The summed E-state index contributed by atoms with van der Waals surface area (Å²) in [7, 11) is 1.53. The van der Waals surface area contributed by atoms with Crippen molar-refractivity contribution in [2.24, 2.45) is 5.92 Å². The molecule has 2 aromatic rings. The first-order chi connectivity index (χ1) is 17.0. The van der Waals surface area contributed by atoms with Crippen LogP contribution in [0.15, 0.2) is 48.5 Å². The number of alkyl carbamates (subject to hydrolysis) is 1. The van der Waals surface area contributed by atoms with Crippen LogP contribution >= 0.6 is 0 Å². The van der Waals surface area contributed by atoms with Crippen molar-refractivity contribution in [1.29, 1.82) is 0 Å². The van der Waals surface area contributed by atoms with Gasteiger partial charge in [0.05, 0.1) is 6.42 Å². The number of methoxy groups -OCH3 is 1. The molecule has 1 fully saturated rings. The number of ether oxygens (including phenoxy) is 2. The van der Waals surface area contributed by atoms with E-state index in [9.17, 15) is 14.4 Å². The van der Waals surface area contributed by atoms with E-state index < -0.39 is 18.1 Å². The number of carbonyl (C=O) groups is 3. The number of benzene rings is 2. The topological polar surface area (TPSA) is 114 Å². The van der Waals surface area contributed by atoms with E-state index in [0.717, 1.165) is 41.5 Å². The lowest BCUT2D eigenvalue weighted by Gasteiger charge is -2.24. The summed E-state index contributed by atoms with van der Waals surface area (Å²) in [6.07, 6.45) is 1.99. The van der Waals surface area contributed by atoms with Crippen LogP contribution in [0.2, 0.25) is 0 Å². The zero-order valence-electron chi connectivity index (χ0n) is 19.9. The Morgan fingerprint density at radius 2 is 1.69 bits per heavy atom. The lowest BCUT2D eigenvalue weighted by atomic mass is 9.98. The van der Waals surface area contributed by atoms with Crippen molar-refractivity contribution in [2.45, 2.75) is 50.1 Å². The predicted molar refractivity (Wildman–Crippen MR) is 130 cm³/mol. The lowest BCUT2D eigenvalue weighted by Crippen LogP contribution is -2.51. The highest BCUT2D eigenvalue weighted by molar-refractivity contribution is 5.86. The van der Waals surface area contributed by atoms with Gasteiger partial charge in [-0.1, -0.05) is 55.0 Å². The molecule has 3 unspecified atom stereocenters. The van der Waals surface area contributed by atoms with Crippen LogP contribution in [-0.4, -0.2) is 55.5 Å². The number of amides is 2. The molecule has 0 bridgehead atoms. The molecular formula is C27H32N2O6. The van der Waals surface area contributed by atoms with Crippen molar-refractivity contribution in [1.82, 2.24) is 10.6 Å². The van der Waals surface area contributed by atoms with Crippen molar-refractivity contribution >= 4 is 18.0 Å². The second-order valence-corrected chi connectivity index (χ2v) is 9.21. The highest BCUT2D eigenvalue weighted by Gasteiger charge is 2.33. The van der Waals surface area contributed by atoms with E-state index in [2.05, 4.69) is 22.8 Å². The molecule has 4 rings (SSSR count). The van der Waals surface area contributed by atoms with Crippen LogP contribution in [0.3, 0.4) is 0 Å². The molecule has 8 heteroatoms. The van der Waals surface area contributed by atoms with E-state index in [4.69, 9.17) is 14.6 Å². The van der Waals surface area contributed by atoms with Gasteiger partial charge >= 0.3 is 12.1 Å². The van der Waals surface area contributed by atoms with Crippen LogP contribution in [0.1, 0.15) is 49.1 Å². The summed E-state index contributed by atoms with van der Waals surface area (Å²) < 4.78 is 10.7. The number of rotatable bonds is 10. The lowest BCUT2D eigenvalue weighted by molar-refractivity contribution is -0.138. The zero-order valence-corrected chi connectivity index (χ0v) is 19.9. The molecule has 2 amide bonds. The Bertz CT molecular complexity index is 1030. The monoisotopic (exact) mass is 480 g/mol. The van der Waals surface area contributed by atoms with Crippen molar-refractivity contribution in [3.8, 4) is 11.1 Å². The fraction of sp³-hybridized carbons (Fsp3) is 0.444. The molecule has 0 radical (unpaired) electrons. The van der Waals surface area contributed by atoms with Gasteiger partial charge in [0, 0.05) is 32.1 Å². The predicted octanol–water partition coefficient (Wildman–Crippen LogP) is 3.69. The number of fused-ring (bicyclic) bond motifs is 3. The fourth-order valence-electron chi connectivity index (χ4n) is 5.27. The summed E-state index contributed by atoms with van der Waals surface area (Å²) >= 11 is 0. The first-order valence-electron chi connectivity index (χ1n) is 12.1. The SMILES string of the molecule is COCCC(NC(=O)OCC1c2ccccc2-c2ccccc21)C(=O)NC1CCCC1CC(=O)O. The molecule has 2 aliphatic rings. The minimum Gasteiger partial charge on any atom is -0.481 e. The number of carboxylic acid groups (broad SMARTS) is 1. The molecule has 1 saturated carbocycles. The highest BCUT2D eigenvalue weighted by atomic mass is 16.5. The maximum absolute atomic E-state index is 13.0. The maximum atomic E-state index is 13.0. The van der Waals surface area contributed by atoms with Gasteiger partial charge < -0.3 is 25.2 Å². The van der Waals surface area contributed by atoms with Gasteiger partial charge in [0.25, 0.3) is 0 Å². The van der Waals surface area contributed by atoms with Crippen LogP contribution in [0, 0.1) is 5.92 Å². The Balaban J connectivity index is 1.37. The summed E-state index contributed by atoms with van der Waals surface area (Å²) in [6.45, 7) is 0.437. The van der Waals surface area contributed by atoms with Gasteiger partial charge in [0.15, 0.2) is 0 Å². The highest BCUT2D eigenvalue weighted by Crippen LogP contribution is 2.44. The molecule has 0 aliphatic heterocycles. The second kappa shape index (κ2) is 11.4. The number of hydrogen-bond donors (Lipinski definition) is 3. The average molecular weight is 481 g/mol. The number of aliphatic carboxylic acids is 1. The Kier molecular flexibility index (Phi) is 8.02. The average Bonchev–Trinajstić information content (AvgIpc) is 3.41. The smallest absolute Gasteiger partial charge is 0.407 e. The first-order valence-corrected chi connectivity index (χ1v) is 12.1. The molecule has 186 valence electrons. The zero-order chi connectivity index (χ0) is 24.8. The van der Waals surface area contributed by atoms with E-state index in [1.807, 2.05) is 36.4 Å². The van der Waals surface area contributed by atoms with E-state index in [1.54, 1.807) is 0 Å². The third-order valence-corrected chi connectivity index (χ3v) is 6.99. The van der Waals surface area contributed by atoms with Gasteiger partial charge in [0.2, 0.25) is 5.91 Å². The van der Waals surface area contributed by atoms with Crippen LogP contribution < -0.4 is 10.6 Å². The summed E-state index contributed by atoms with van der Waals surface area (Å²) in [5.74, 6) is -1.40. The molecule has 3 atom stereocenters. The molecule has 3 N–H and O–H groups in total. The van der Waals surface area contributed by atoms with E-state index in [-0.39, 0.29) is 49.8 Å². The van der Waals surface area contributed by atoms with Crippen LogP contribution in [0.4, 0.5) is 4.79 Å². The first kappa shape index (κ1) is 24.7. The van der Waals surface area contributed by atoms with E-state index in [1.165, 1.54) is 7.11 Å². The maximum Gasteiger partial charge on any atom is 0.407 e. The Hall–Kier alpha value is -3.39. The molecule has 2 aliphatic carbocycles. The standard InChI is InChI=1S/C27H32N2O6/c1-34-14-13-24(26(32)28-23-12-6-7-17(23)15-25(30)31)29-27(33)35-16-22-20-10-4-2-8-18(20)19-9-3-5-11-21(19)22/h2-5,8-11,17,22-24H,6-7,12-16H2,1H3,(H,28,32)(H,29,33)(H,30,31). The van der Waals surface area contributed by atoms with Crippen LogP contribution in [0.25, 0.3) is 11.1 Å². The minimum absolute atomic E-state index is 0.0213. The normalized spacial score (nSPS) is 19.5. The third kappa shape index (κ3) is 5.82. The molecule has 2 aromatic carbocycles. The van der Waals surface area contributed by atoms with Crippen LogP contribution in [-0.2, 0) is 19.1 Å². The molecule has 0 aromatic heterocycles. The largest absolute Gasteiger partial charge is 0.481 e. The van der Waals surface area contributed by atoms with Crippen molar-refractivity contribution < 1.29 is 29.0 Å². The third-order valence-electron chi connectivity index (χ3n) is 6.99. The summed E-state index contributed by atoms with van der Waals surface area (Å²) in [6, 6.07) is 15.1. The van der Waals surface area contributed by atoms with Gasteiger partial charge in [-0.3, -0.25) is 9.59 Å². The van der Waals surface area contributed by atoms with Gasteiger partial charge in [0.1, 0.15) is 12.6 Å². The summed E-state index contributed by atoms with van der Waals surface area (Å²) in [5.41, 5.74) is 4.51. The summed E-state index contributed by atoms with van der Waals surface area (Å²) in [4.78, 5) is 36.8. The number of carboxylic acids is 1. The Morgan fingerprint density at radius 1 is 1.03 bits per heavy atom. The molecule has 0 heterocycles. The van der Waals surface area contributed by atoms with Gasteiger partial charge in [-0.25, -0.2) is 4.79 Å². The summed E-state index contributed by atoms with van der Waals surface area (Å²) in [5, 5.41) is 14.8. The number of nitrogens with one attached hydrogen (secondary N) is 2. The Morgan fingerprint density at radius 3 is 2.31 bits per heavy atom. The number of carbonyl (C=O) groups excluding carboxylic acids is 2. The molecule has 35 heavy (non-hydrogen) atoms.